The van der Waals surface area contributed by atoms with Crippen LogP contribution in [0.2, 0.25) is 0 Å². The van der Waals surface area contributed by atoms with Crippen LogP contribution < -0.4 is 0 Å². The van der Waals surface area contributed by atoms with Crippen LogP contribution in [0.3, 0.4) is 0 Å². The van der Waals surface area contributed by atoms with Crippen molar-refractivity contribution in [3.8, 4) is 0 Å². The number of aromatic carboxylic acids is 1. The fourth-order valence-corrected chi connectivity index (χ4v) is 1.69. The zero-order valence-electron chi connectivity index (χ0n) is 9.10. The van der Waals surface area contributed by atoms with E-state index in [1.807, 2.05) is 19.2 Å². The zero-order valence-corrected chi connectivity index (χ0v) is 9.10. The van der Waals surface area contributed by atoms with Crippen LogP contribution in [0.25, 0.3) is 5.65 Å². The number of aromatic nitrogens is 2. The molecule has 2 heterocycles. The predicted octanol–water partition coefficient (Wildman–Crippen LogP) is 1.49. The topological polar surface area (TPSA) is 63.8 Å². The third-order valence-corrected chi connectivity index (χ3v) is 2.28. The number of imidazole rings is 1. The van der Waals surface area contributed by atoms with Gasteiger partial charge in [0, 0.05) is 25.1 Å². The quantitative estimate of drug-likeness (QED) is 0.851. The highest BCUT2D eigenvalue weighted by atomic mass is 16.5. The van der Waals surface area contributed by atoms with Crippen molar-refractivity contribution in [3.05, 3.63) is 35.3 Å². The molecule has 16 heavy (non-hydrogen) atoms. The molecule has 84 valence electrons. The maximum atomic E-state index is 10.8. The molecule has 0 amide bonds. The Kier molecular flexibility index (Phi) is 2.62. The molecule has 0 aliphatic rings. The van der Waals surface area contributed by atoms with Gasteiger partial charge in [-0.1, -0.05) is 0 Å². The first-order valence-corrected chi connectivity index (χ1v) is 4.82. The second kappa shape index (κ2) is 3.94. The molecule has 1 N–H and O–H groups in total. The molecule has 0 radical (unpaired) electrons. The van der Waals surface area contributed by atoms with Gasteiger partial charge >= 0.3 is 5.97 Å². The molecule has 0 spiro atoms. The minimum absolute atomic E-state index is 0.0444. The number of carboxylic acid groups (broad SMARTS) is 1. The van der Waals surface area contributed by atoms with E-state index >= 15 is 0 Å². The molecular formula is C11H12N2O3. The molecule has 2 aromatic heterocycles. The molecule has 0 atom stereocenters. The van der Waals surface area contributed by atoms with Crippen LogP contribution in [0.1, 0.15) is 21.6 Å². The largest absolute Gasteiger partial charge is 0.476 e. The van der Waals surface area contributed by atoms with E-state index in [9.17, 15) is 4.79 Å². The highest BCUT2D eigenvalue weighted by Crippen LogP contribution is 2.14. The first kappa shape index (κ1) is 10.6. The minimum atomic E-state index is -1.02. The Hall–Kier alpha value is -1.88. The van der Waals surface area contributed by atoms with Gasteiger partial charge in [-0.15, -0.1) is 0 Å². The van der Waals surface area contributed by atoms with E-state index < -0.39 is 5.97 Å². The van der Waals surface area contributed by atoms with Crippen LogP contribution in [0.4, 0.5) is 0 Å². The van der Waals surface area contributed by atoms with Crippen LogP contribution in [0.5, 0.6) is 0 Å². The van der Waals surface area contributed by atoms with E-state index in [1.165, 1.54) is 6.20 Å². The molecule has 0 aliphatic carbocycles. The number of carbonyl (C=O) groups is 1. The molecule has 0 unspecified atom stereocenters. The first-order valence-electron chi connectivity index (χ1n) is 4.82. The van der Waals surface area contributed by atoms with Gasteiger partial charge in [0.1, 0.15) is 5.65 Å². The van der Waals surface area contributed by atoms with Crippen molar-refractivity contribution < 1.29 is 14.6 Å². The molecule has 5 nitrogen and oxygen atoms in total. The molecule has 5 heteroatoms. The summed E-state index contributed by atoms with van der Waals surface area (Å²) >= 11 is 0. The van der Waals surface area contributed by atoms with Crippen molar-refractivity contribution in [2.75, 3.05) is 7.11 Å². The molecule has 0 aromatic carbocycles. The summed E-state index contributed by atoms with van der Waals surface area (Å²) in [7, 11) is 1.60. The van der Waals surface area contributed by atoms with Gasteiger partial charge in [0.05, 0.1) is 6.61 Å². The Morgan fingerprint density at radius 2 is 2.31 bits per heavy atom. The van der Waals surface area contributed by atoms with Gasteiger partial charge in [0.2, 0.25) is 0 Å². The summed E-state index contributed by atoms with van der Waals surface area (Å²) in [5.41, 5.74) is 2.59. The number of pyridine rings is 1. The third kappa shape index (κ3) is 1.77. The predicted molar refractivity (Wildman–Crippen MR) is 57.6 cm³/mol. The number of fused-ring (bicyclic) bond motifs is 1. The lowest BCUT2D eigenvalue weighted by Crippen LogP contribution is -1.96. The molecule has 0 bridgehead atoms. The number of nitrogens with zero attached hydrogens (tertiary/aromatic N) is 2. The normalized spacial score (nSPS) is 10.9. The van der Waals surface area contributed by atoms with Crippen molar-refractivity contribution in [2.45, 2.75) is 13.5 Å². The van der Waals surface area contributed by atoms with Gasteiger partial charge in [-0.3, -0.25) is 0 Å². The summed E-state index contributed by atoms with van der Waals surface area (Å²) < 4.78 is 6.78. The summed E-state index contributed by atoms with van der Waals surface area (Å²) in [6.07, 6.45) is 3.34. The number of methoxy groups -OCH3 is 1. The van der Waals surface area contributed by atoms with Crippen LogP contribution in [0.15, 0.2) is 18.5 Å². The van der Waals surface area contributed by atoms with Gasteiger partial charge in [0.25, 0.3) is 0 Å². The van der Waals surface area contributed by atoms with Crippen molar-refractivity contribution in [2.24, 2.45) is 0 Å². The summed E-state index contributed by atoms with van der Waals surface area (Å²) in [5, 5.41) is 8.87. The first-order chi connectivity index (χ1) is 7.61. The number of hydrogen-bond acceptors (Lipinski definition) is 3. The average Bonchev–Trinajstić information content (AvgIpc) is 2.61. The summed E-state index contributed by atoms with van der Waals surface area (Å²) in [4.78, 5) is 14.9. The Balaban J connectivity index is 2.65. The van der Waals surface area contributed by atoms with E-state index in [1.54, 1.807) is 11.5 Å². The smallest absolute Gasteiger partial charge is 0.356 e. The SMILES string of the molecule is COCc1cc(C)cn2cc(C(=O)O)nc12. The van der Waals surface area contributed by atoms with Gasteiger partial charge in [-0.05, 0) is 18.6 Å². The molecule has 2 aromatic rings. The van der Waals surface area contributed by atoms with Gasteiger partial charge in [0.15, 0.2) is 5.69 Å². The van der Waals surface area contributed by atoms with E-state index in [0.717, 1.165) is 11.1 Å². The number of hydrogen-bond donors (Lipinski definition) is 1. The molecular weight excluding hydrogens is 208 g/mol. The zero-order chi connectivity index (χ0) is 11.7. The Morgan fingerprint density at radius 3 is 2.94 bits per heavy atom. The maximum Gasteiger partial charge on any atom is 0.356 e. The van der Waals surface area contributed by atoms with Crippen LogP contribution in [-0.4, -0.2) is 27.6 Å². The highest BCUT2D eigenvalue weighted by Gasteiger charge is 2.11. The molecule has 2 rings (SSSR count). The number of carboxylic acids is 1. The number of ether oxygens (including phenoxy) is 1. The van der Waals surface area contributed by atoms with E-state index in [0.29, 0.717) is 12.3 Å². The van der Waals surface area contributed by atoms with Crippen molar-refractivity contribution in [1.29, 1.82) is 0 Å². The van der Waals surface area contributed by atoms with Crippen molar-refractivity contribution in [1.82, 2.24) is 9.38 Å². The summed E-state index contributed by atoms with van der Waals surface area (Å²) in [6, 6.07) is 1.94. The Labute approximate surface area is 92.3 Å². The fraction of sp³-hybridized carbons (Fsp3) is 0.273. The third-order valence-electron chi connectivity index (χ3n) is 2.28. The molecule has 0 saturated heterocycles. The fourth-order valence-electron chi connectivity index (χ4n) is 1.69. The highest BCUT2D eigenvalue weighted by molar-refractivity contribution is 5.86. The lowest BCUT2D eigenvalue weighted by atomic mass is 10.2. The van der Waals surface area contributed by atoms with Crippen molar-refractivity contribution >= 4 is 11.6 Å². The van der Waals surface area contributed by atoms with Gasteiger partial charge in [-0.25, -0.2) is 9.78 Å². The molecule has 0 saturated carbocycles. The van der Waals surface area contributed by atoms with Crippen LogP contribution in [-0.2, 0) is 11.3 Å². The van der Waals surface area contributed by atoms with Crippen LogP contribution in [0, 0.1) is 6.92 Å². The van der Waals surface area contributed by atoms with E-state index in [2.05, 4.69) is 4.98 Å². The maximum absolute atomic E-state index is 10.8. The van der Waals surface area contributed by atoms with Crippen LogP contribution >= 0.6 is 0 Å². The van der Waals surface area contributed by atoms with Crippen molar-refractivity contribution in [3.63, 3.8) is 0 Å². The number of aryl methyl sites for hydroxylation is 1. The number of rotatable bonds is 3. The standard InChI is InChI=1S/C11H12N2O3/c1-7-3-8(6-16-2)10-12-9(11(14)15)5-13(10)4-7/h3-5H,6H2,1-2H3,(H,14,15). The summed E-state index contributed by atoms with van der Waals surface area (Å²) in [6.45, 7) is 2.36. The minimum Gasteiger partial charge on any atom is -0.476 e. The second-order valence-corrected chi connectivity index (χ2v) is 3.64. The average molecular weight is 220 g/mol. The van der Waals surface area contributed by atoms with E-state index in [-0.39, 0.29) is 5.69 Å². The van der Waals surface area contributed by atoms with E-state index in [4.69, 9.17) is 9.84 Å². The van der Waals surface area contributed by atoms with Gasteiger partial charge < -0.3 is 14.2 Å². The monoisotopic (exact) mass is 220 g/mol. The molecule has 0 aliphatic heterocycles. The lowest BCUT2D eigenvalue weighted by molar-refractivity contribution is 0.0691. The molecule has 0 fully saturated rings. The van der Waals surface area contributed by atoms with Gasteiger partial charge in [-0.2, -0.15) is 0 Å². The Morgan fingerprint density at radius 1 is 1.56 bits per heavy atom. The Bertz CT molecular complexity index is 545. The summed E-state index contributed by atoms with van der Waals surface area (Å²) in [5.74, 6) is -1.02. The second-order valence-electron chi connectivity index (χ2n) is 3.64. The lowest BCUT2D eigenvalue weighted by Gasteiger charge is -2.03.